The molecule has 0 aliphatic carbocycles. The van der Waals surface area contributed by atoms with Crippen molar-refractivity contribution in [3.63, 3.8) is 0 Å². The summed E-state index contributed by atoms with van der Waals surface area (Å²) in [5.41, 5.74) is 0. The summed E-state index contributed by atoms with van der Waals surface area (Å²) in [5, 5.41) is 0. The third-order valence-electron chi connectivity index (χ3n) is 0.938. The molecule has 0 nitrogen and oxygen atoms in total. The molecule has 0 heterocycles. The van der Waals surface area contributed by atoms with Gasteiger partial charge in [0.05, 0.1) is 0 Å². The molecule has 0 bridgehead atoms. The molecule has 0 aromatic heterocycles. The molecule has 0 aliphatic rings. The second-order valence-corrected chi connectivity index (χ2v) is 3.31. The first kappa shape index (κ1) is 7.07. The van der Waals surface area contributed by atoms with E-state index in [9.17, 15) is 8.78 Å². The van der Waals surface area contributed by atoms with Crippen LogP contribution in [-0.2, 0) is 0 Å². The first-order valence-corrected chi connectivity index (χ1v) is 4.08. The molecule has 0 aliphatic heterocycles. The van der Waals surface area contributed by atoms with Crippen LogP contribution in [0.2, 0.25) is 0 Å². The molecule has 0 saturated heterocycles. The maximum atomic E-state index is 12.4. The van der Waals surface area contributed by atoms with Crippen LogP contribution >= 0.6 is 0 Å². The summed E-state index contributed by atoms with van der Waals surface area (Å²) in [5.74, 6) is -0.883. The first-order chi connectivity index (χ1) is 4.22. The van der Waals surface area contributed by atoms with Gasteiger partial charge in [0.2, 0.25) is 0 Å². The first-order valence-electron chi connectivity index (χ1n) is 2.35. The van der Waals surface area contributed by atoms with Crippen LogP contribution in [0.4, 0.5) is 8.78 Å². The molecule has 0 saturated carbocycles. The Bertz CT molecular complexity index is 202. The predicted octanol–water partition coefficient (Wildman–Crippen LogP) is 0.759. The van der Waals surface area contributed by atoms with Crippen molar-refractivity contribution in [2.75, 3.05) is 0 Å². The van der Waals surface area contributed by atoms with Gasteiger partial charge in [0, 0.05) is 0 Å². The number of hydrogen-bond donors (Lipinski definition) is 0. The van der Waals surface area contributed by atoms with Crippen molar-refractivity contribution >= 4 is 28.0 Å². The molecule has 1 rings (SSSR count). The van der Waals surface area contributed by atoms with E-state index in [-0.39, 0.29) is 3.27 Å². The van der Waals surface area contributed by atoms with E-state index in [2.05, 4.69) is 0 Å². The van der Waals surface area contributed by atoms with Gasteiger partial charge in [-0.15, -0.1) is 0 Å². The monoisotopic (exact) mass is 322 g/mol. The molecule has 2 radical (unpaired) electrons. The Kier molecular flexibility index (Phi) is 2.12. The van der Waals surface area contributed by atoms with E-state index < -0.39 is 11.6 Å². The Labute approximate surface area is 66.7 Å². The van der Waals surface area contributed by atoms with E-state index >= 15 is 0 Å². The van der Waals surface area contributed by atoms with Crippen LogP contribution in [0.15, 0.2) is 18.2 Å². The maximum absolute atomic E-state index is 12.4. The van der Waals surface area contributed by atoms with E-state index in [4.69, 9.17) is 0 Å². The fourth-order valence-electron chi connectivity index (χ4n) is 0.489. The molecule has 1 aromatic rings. The van der Waals surface area contributed by atoms with Crippen molar-refractivity contribution in [1.82, 2.24) is 0 Å². The summed E-state index contributed by atoms with van der Waals surface area (Å²) >= 11 is 0.624. The van der Waals surface area contributed by atoms with E-state index in [1.807, 2.05) is 0 Å². The quantitative estimate of drug-likeness (QED) is 0.619. The van der Waals surface area contributed by atoms with Crippen molar-refractivity contribution < 1.29 is 8.78 Å². The molecule has 0 unspecified atom stereocenters. The summed E-state index contributed by atoms with van der Waals surface area (Å²) in [6, 6.07) is 3.89. The fraction of sp³-hybridized carbons (Fsp3) is 0. The molecule has 0 N–H and O–H groups in total. The topological polar surface area (TPSA) is 0 Å². The minimum atomic E-state index is -0.441. The van der Waals surface area contributed by atoms with Gasteiger partial charge < -0.3 is 0 Å². The van der Waals surface area contributed by atoms with E-state index in [0.29, 0.717) is 24.7 Å². The van der Waals surface area contributed by atoms with Crippen LogP contribution in [0.3, 0.4) is 0 Å². The van der Waals surface area contributed by atoms with Gasteiger partial charge in [-0.2, -0.15) is 0 Å². The Balaban J connectivity index is 3.25. The normalized spacial score (nSPS) is 9.67. The number of halogens is 2. The third-order valence-corrected chi connectivity index (χ3v) is 2.60. The van der Waals surface area contributed by atoms with Gasteiger partial charge in [-0.1, -0.05) is 0 Å². The van der Waals surface area contributed by atoms with Crippen molar-refractivity contribution in [1.29, 1.82) is 0 Å². The average Bonchev–Trinajstić information content (AvgIpc) is 1.83. The molecular weight excluding hydrogens is 319 g/mol. The standard InChI is InChI=1S/C6H3F2.Bi/c7-5-2-1-3-6(8)4-5;/h1-3H;. The zero-order valence-corrected chi connectivity index (χ0v) is 7.91. The van der Waals surface area contributed by atoms with Crippen LogP contribution in [0, 0.1) is 11.6 Å². The van der Waals surface area contributed by atoms with Crippen molar-refractivity contribution in [3.8, 4) is 0 Å². The fourth-order valence-corrected chi connectivity index (χ4v) is 1.07. The Morgan fingerprint density at radius 1 is 1.11 bits per heavy atom. The summed E-state index contributed by atoms with van der Waals surface area (Å²) in [6.07, 6.45) is 0. The molecule has 0 spiro atoms. The van der Waals surface area contributed by atoms with Crippen LogP contribution in [0.5, 0.6) is 0 Å². The molecule has 0 amide bonds. The van der Waals surface area contributed by atoms with E-state index in [0.717, 1.165) is 0 Å². The predicted molar refractivity (Wildman–Crippen MR) is 31.7 cm³/mol. The van der Waals surface area contributed by atoms with Crippen molar-refractivity contribution in [2.24, 2.45) is 0 Å². The van der Waals surface area contributed by atoms with Crippen LogP contribution in [0.1, 0.15) is 0 Å². The van der Waals surface area contributed by atoms with Gasteiger partial charge in [-0.3, -0.25) is 0 Å². The second kappa shape index (κ2) is 2.70. The number of rotatable bonds is 0. The van der Waals surface area contributed by atoms with Gasteiger partial charge in [-0.05, 0) is 0 Å². The molecule has 3 heteroatoms. The Morgan fingerprint density at radius 3 is 1.89 bits per heavy atom. The van der Waals surface area contributed by atoms with Gasteiger partial charge in [-0.25, -0.2) is 0 Å². The average molecular weight is 322 g/mol. The van der Waals surface area contributed by atoms with Crippen LogP contribution in [0.25, 0.3) is 0 Å². The third kappa shape index (κ3) is 1.45. The van der Waals surface area contributed by atoms with Crippen molar-refractivity contribution in [3.05, 3.63) is 29.8 Å². The number of hydrogen-bond acceptors (Lipinski definition) is 0. The molecule has 9 heavy (non-hydrogen) atoms. The summed E-state index contributed by atoms with van der Waals surface area (Å²) in [6.45, 7) is 0. The molecule has 1 aromatic carbocycles. The second-order valence-electron chi connectivity index (χ2n) is 1.57. The molecule has 0 atom stereocenters. The van der Waals surface area contributed by atoms with E-state index in [1.165, 1.54) is 18.2 Å². The molecule has 46 valence electrons. The Morgan fingerprint density at radius 2 is 1.56 bits per heavy atom. The zero-order chi connectivity index (χ0) is 6.85. The van der Waals surface area contributed by atoms with Crippen LogP contribution in [-0.4, -0.2) is 24.7 Å². The summed E-state index contributed by atoms with van der Waals surface area (Å²) in [7, 11) is 0. The van der Waals surface area contributed by atoms with Gasteiger partial charge in [0.15, 0.2) is 0 Å². The summed E-state index contributed by atoms with van der Waals surface area (Å²) < 4.78 is 24.9. The molecule has 0 fully saturated rings. The van der Waals surface area contributed by atoms with Gasteiger partial charge >= 0.3 is 66.6 Å². The Hall–Kier alpha value is -0.0369. The molecular formula is C6H3BiF2. The van der Waals surface area contributed by atoms with E-state index in [1.54, 1.807) is 0 Å². The minimum absolute atomic E-state index is 0.192. The summed E-state index contributed by atoms with van der Waals surface area (Å²) in [4.78, 5) is 0. The zero-order valence-electron chi connectivity index (χ0n) is 4.44. The van der Waals surface area contributed by atoms with Crippen molar-refractivity contribution in [2.45, 2.75) is 0 Å². The van der Waals surface area contributed by atoms with Crippen LogP contribution < -0.4 is 3.27 Å². The van der Waals surface area contributed by atoms with Gasteiger partial charge in [0.25, 0.3) is 0 Å². The van der Waals surface area contributed by atoms with Gasteiger partial charge in [0.1, 0.15) is 0 Å². The SMILES string of the molecule is Fc1cccc(F)[c]1[Bi]. The number of benzene rings is 1.